The van der Waals surface area contributed by atoms with E-state index < -0.39 is 46.9 Å². The number of halogens is 3. The molecule has 3 aromatic heterocycles. The number of aromatic hydroxyl groups is 1. The molecule has 4 amide bonds. The number of aryl methyl sites for hydroxylation is 2. The van der Waals surface area contributed by atoms with Crippen LogP contribution in [0.4, 0.5) is 20.5 Å². The van der Waals surface area contributed by atoms with Crippen molar-refractivity contribution in [2.75, 3.05) is 96.1 Å². The molecule has 20 nitrogen and oxygen atoms in total. The molecule has 1 unspecified atom stereocenters. The number of likely N-dealkylation sites (tertiary alicyclic amines) is 1. The molecule has 0 aliphatic carbocycles. The Labute approximate surface area is 470 Å². The Bertz CT molecular complexity index is 3190. The topological polar surface area (TPSA) is 238 Å². The number of nitrogens with one attached hydrogen (secondary N) is 2. The highest BCUT2D eigenvalue weighted by atomic mass is 35.5. The van der Waals surface area contributed by atoms with Gasteiger partial charge < -0.3 is 59.2 Å². The molecule has 3 aromatic carbocycles. The summed E-state index contributed by atoms with van der Waals surface area (Å²) in [6.07, 6.45) is 0.480. The molecule has 8 rings (SSSR count). The van der Waals surface area contributed by atoms with Gasteiger partial charge in [-0.25, -0.2) is 18.7 Å². The molecule has 426 valence electrons. The van der Waals surface area contributed by atoms with Crippen molar-refractivity contribution in [1.29, 1.82) is 0 Å². The average Bonchev–Trinajstić information content (AvgIpc) is 4.19. The first kappa shape index (κ1) is 58.8. The van der Waals surface area contributed by atoms with Crippen LogP contribution in [0, 0.1) is 31.4 Å². The Balaban J connectivity index is 0.805. The van der Waals surface area contributed by atoms with Crippen molar-refractivity contribution in [3.05, 3.63) is 106 Å². The number of thiazole rings is 1. The molecule has 3 atom stereocenters. The summed E-state index contributed by atoms with van der Waals surface area (Å²) in [7, 11) is 1.64. The summed E-state index contributed by atoms with van der Waals surface area (Å²) < 4.78 is 54.9. The molecule has 0 bridgehead atoms. The van der Waals surface area contributed by atoms with Crippen molar-refractivity contribution >= 4 is 69.2 Å². The molecular formula is C56H65ClF2N10O10S. The number of phenols is 1. The Hall–Kier alpha value is -7.31. The average molecular weight is 1140 g/mol. The van der Waals surface area contributed by atoms with Gasteiger partial charge in [0.05, 0.1) is 64.9 Å². The summed E-state index contributed by atoms with van der Waals surface area (Å²) in [5.41, 5.74) is 3.88. The predicted molar refractivity (Wildman–Crippen MR) is 298 cm³/mol. The number of aliphatic hydroxyl groups is 1. The summed E-state index contributed by atoms with van der Waals surface area (Å²) in [5.74, 6) is -3.11. The number of hydrogen-bond acceptors (Lipinski definition) is 17. The third kappa shape index (κ3) is 13.8. The van der Waals surface area contributed by atoms with E-state index in [4.69, 9.17) is 30.3 Å². The molecule has 0 spiro atoms. The maximum absolute atomic E-state index is 16.6. The molecule has 2 saturated heterocycles. The smallest absolute Gasteiger partial charge is 0.246 e. The van der Waals surface area contributed by atoms with Crippen molar-refractivity contribution in [3.63, 3.8) is 0 Å². The zero-order chi connectivity index (χ0) is 57.2. The van der Waals surface area contributed by atoms with Gasteiger partial charge in [-0.05, 0) is 55.7 Å². The van der Waals surface area contributed by atoms with Gasteiger partial charge in [-0.2, -0.15) is 4.98 Å². The number of amides is 4. The molecule has 80 heavy (non-hydrogen) atoms. The highest BCUT2D eigenvalue weighted by molar-refractivity contribution is 7.13. The fourth-order valence-corrected chi connectivity index (χ4v) is 10.8. The number of phenolic OH excluding ortho intramolecular Hbond substituents is 1. The Morgan fingerprint density at radius 2 is 1.75 bits per heavy atom. The van der Waals surface area contributed by atoms with Crippen molar-refractivity contribution in [1.82, 2.24) is 40.1 Å². The van der Waals surface area contributed by atoms with Crippen LogP contribution < -0.4 is 20.3 Å². The molecule has 4 N–H and O–H groups in total. The predicted octanol–water partition coefficient (Wildman–Crippen LogP) is 6.89. The number of aliphatic hydroxyl groups excluding tert-OH is 1. The molecule has 2 aliphatic rings. The van der Waals surface area contributed by atoms with E-state index in [1.165, 1.54) is 45.4 Å². The van der Waals surface area contributed by atoms with Crippen LogP contribution >= 0.6 is 22.9 Å². The number of aromatic nitrogens is 4. The maximum atomic E-state index is 16.6. The quantitative estimate of drug-likeness (QED) is 0.0357. The number of benzene rings is 3. The number of anilines is 2. The van der Waals surface area contributed by atoms with Crippen LogP contribution in [-0.2, 0) is 35.2 Å². The number of β-amino-alcohol motifs (C(OH)–C–C–N with tert-alkyl or cyclic N) is 1. The number of hydrogen-bond donors (Lipinski definition) is 4. The van der Waals surface area contributed by atoms with Crippen LogP contribution in [-0.4, -0.2) is 167 Å². The summed E-state index contributed by atoms with van der Waals surface area (Å²) in [4.78, 5) is 74.1. The fraction of sp³-hybridized carbons (Fsp3) is 0.429. The van der Waals surface area contributed by atoms with Crippen LogP contribution in [0.3, 0.4) is 0 Å². The number of piperazine rings is 1. The molecule has 6 aromatic rings. The van der Waals surface area contributed by atoms with Gasteiger partial charge in [-0.1, -0.05) is 55.4 Å². The number of carbonyl (C=O) groups excluding carboxylic acids is 4. The van der Waals surface area contributed by atoms with Gasteiger partial charge in [-0.15, -0.1) is 11.3 Å². The molecular weight excluding hydrogens is 1080 g/mol. The standard InChI is InChI=1S/C56H65ClF2N10O10S/c1-7-45(72)67-15-17-68(18-16-67)53-38-28-39(57)48(49-40(58)9-8-10-42(49)71)50(59)51(38)63-56(64-53)60-14-13-46(73)66(6)19-20-76-21-22-77-23-24-78-43-26-35(52-34(5)62-31-80-52)11-12-36(43)29-61-54(74)41-27-37(70)30-69(41)55(75)47(32(2)3)44-25-33(4)65-79-44/h7-12,25-26,28,31-32,37,41,47,70-71H,1,13-24,27,29-30H2,2-6H3,(H,61,74)(H,60,63,64)/t37-,41+,47?/m1/s1. The minimum atomic E-state index is -0.977. The van der Waals surface area contributed by atoms with E-state index in [0.29, 0.717) is 54.8 Å². The van der Waals surface area contributed by atoms with Crippen LogP contribution in [0.15, 0.2) is 71.2 Å². The molecule has 24 heteroatoms. The highest BCUT2D eigenvalue weighted by Gasteiger charge is 2.43. The van der Waals surface area contributed by atoms with Gasteiger partial charge in [0.15, 0.2) is 5.82 Å². The molecule has 5 heterocycles. The first-order valence-electron chi connectivity index (χ1n) is 26.3. The second kappa shape index (κ2) is 26.8. The molecule has 0 radical (unpaired) electrons. The monoisotopic (exact) mass is 1140 g/mol. The second-order valence-corrected chi connectivity index (χ2v) is 21.1. The van der Waals surface area contributed by atoms with Crippen molar-refractivity contribution in [2.45, 2.75) is 65.1 Å². The number of likely N-dealkylation sites (N-methyl/N-ethyl adjacent to an activating group) is 1. The first-order chi connectivity index (χ1) is 38.4. The van der Waals surface area contributed by atoms with Crippen molar-refractivity contribution in [3.8, 4) is 33.1 Å². The molecule has 2 aliphatic heterocycles. The summed E-state index contributed by atoms with van der Waals surface area (Å²) in [6.45, 7) is 14.0. The van der Waals surface area contributed by atoms with Gasteiger partial charge in [0, 0.05) is 94.8 Å². The number of ether oxygens (including phenoxy) is 3. The van der Waals surface area contributed by atoms with Gasteiger partial charge in [0.2, 0.25) is 29.6 Å². The third-order valence-electron chi connectivity index (χ3n) is 13.9. The van der Waals surface area contributed by atoms with E-state index in [2.05, 4.69) is 37.3 Å². The van der Waals surface area contributed by atoms with E-state index in [-0.39, 0.29) is 123 Å². The number of carbonyl (C=O) groups is 4. The maximum Gasteiger partial charge on any atom is 0.246 e. The fourth-order valence-electron chi connectivity index (χ4n) is 9.69. The van der Waals surface area contributed by atoms with E-state index in [1.54, 1.807) is 30.4 Å². The lowest BCUT2D eigenvalue weighted by Crippen LogP contribution is -2.48. The number of rotatable bonds is 24. The zero-order valence-corrected chi connectivity index (χ0v) is 46.7. The van der Waals surface area contributed by atoms with Crippen LogP contribution in [0.1, 0.15) is 55.3 Å². The van der Waals surface area contributed by atoms with Gasteiger partial charge >= 0.3 is 0 Å². The van der Waals surface area contributed by atoms with Crippen LogP contribution in [0.2, 0.25) is 5.02 Å². The minimum Gasteiger partial charge on any atom is -0.507 e. The van der Waals surface area contributed by atoms with Crippen LogP contribution in [0.25, 0.3) is 32.5 Å². The largest absolute Gasteiger partial charge is 0.507 e. The van der Waals surface area contributed by atoms with E-state index in [9.17, 15) is 29.4 Å². The van der Waals surface area contributed by atoms with Crippen molar-refractivity contribution in [2.24, 2.45) is 5.92 Å². The Morgan fingerprint density at radius 1 is 1.00 bits per heavy atom. The molecule has 2 fully saturated rings. The van der Waals surface area contributed by atoms with Gasteiger partial charge in [0.1, 0.15) is 53.0 Å². The van der Waals surface area contributed by atoms with E-state index in [1.807, 2.05) is 43.9 Å². The van der Waals surface area contributed by atoms with Gasteiger partial charge in [-0.3, -0.25) is 19.2 Å². The minimum absolute atomic E-state index is 0.00503. The second-order valence-electron chi connectivity index (χ2n) is 19.8. The SMILES string of the molecule is C=CC(=O)N1CCN(c2nc(NCCC(=O)N(C)CCOCCOCCOc3cc(-c4scnc4C)ccc3CNC(=O)[C@@H]3C[C@@H](O)CN3C(=O)C(c3cc(C)no3)C(C)C)nc3c(F)c(-c4c(O)cccc4F)c(Cl)cc23)CC1. The summed E-state index contributed by atoms with van der Waals surface area (Å²) in [6, 6.07) is 11.6. The lowest BCUT2D eigenvalue weighted by Gasteiger charge is -2.35. The first-order valence-corrected chi connectivity index (χ1v) is 27.5. The summed E-state index contributed by atoms with van der Waals surface area (Å²) in [5, 5.41) is 31.2. The van der Waals surface area contributed by atoms with Crippen molar-refractivity contribution < 1.29 is 56.9 Å². The number of nitrogens with zero attached hydrogens (tertiary/aromatic N) is 8. The zero-order valence-electron chi connectivity index (χ0n) is 45.2. The number of fused-ring (bicyclic) bond motifs is 1. The Kier molecular flexibility index (Phi) is 19.7. The summed E-state index contributed by atoms with van der Waals surface area (Å²) >= 11 is 8.09. The third-order valence-corrected chi connectivity index (χ3v) is 15.2. The van der Waals surface area contributed by atoms with E-state index in [0.717, 1.165) is 22.2 Å². The lowest BCUT2D eigenvalue weighted by atomic mass is 9.91. The van der Waals surface area contributed by atoms with Crippen LogP contribution in [0.5, 0.6) is 11.5 Å². The lowest BCUT2D eigenvalue weighted by molar-refractivity contribution is -0.141. The highest BCUT2D eigenvalue weighted by Crippen LogP contribution is 2.43. The Morgan fingerprint density at radius 3 is 2.44 bits per heavy atom. The normalized spacial score (nSPS) is 15.8. The van der Waals surface area contributed by atoms with E-state index >= 15 is 8.78 Å². The molecule has 0 saturated carbocycles. The van der Waals surface area contributed by atoms with Gasteiger partial charge in [0.25, 0.3) is 0 Å².